The van der Waals surface area contributed by atoms with E-state index < -0.39 is 6.09 Å². The van der Waals surface area contributed by atoms with Gasteiger partial charge >= 0.3 is 6.09 Å². The monoisotopic (exact) mass is 201 g/mol. The summed E-state index contributed by atoms with van der Waals surface area (Å²) in [6.45, 7) is 2.60. The van der Waals surface area contributed by atoms with E-state index >= 15 is 0 Å². The van der Waals surface area contributed by atoms with E-state index in [9.17, 15) is 9.59 Å². The Balaban J connectivity index is 2.23. The molecule has 2 amide bonds. The molecule has 1 heterocycles. The highest BCUT2D eigenvalue weighted by molar-refractivity contribution is 5.79. The predicted molar refractivity (Wildman–Crippen MR) is 49.9 cm³/mol. The lowest BCUT2D eigenvalue weighted by atomic mass is 10.4. The Hall–Kier alpha value is -1.30. The molecule has 0 aliphatic carbocycles. The first kappa shape index (κ1) is 10.8. The first-order valence-corrected chi connectivity index (χ1v) is 4.57. The second-order valence-corrected chi connectivity index (χ2v) is 2.96. The summed E-state index contributed by atoms with van der Waals surface area (Å²) in [5.74, 6) is -0.298. The largest absolute Gasteiger partial charge is 0.439 e. The van der Waals surface area contributed by atoms with E-state index in [1.165, 1.54) is 7.05 Å². The molecule has 0 aromatic carbocycles. The Kier molecular flexibility index (Phi) is 4.18. The molecule has 0 atom stereocenters. The van der Waals surface area contributed by atoms with Crippen LogP contribution >= 0.6 is 0 Å². The van der Waals surface area contributed by atoms with Gasteiger partial charge in [-0.05, 0) is 0 Å². The fourth-order valence-corrected chi connectivity index (χ4v) is 1.14. The second-order valence-electron chi connectivity index (χ2n) is 2.96. The van der Waals surface area contributed by atoms with E-state index in [0.717, 1.165) is 13.1 Å². The fourth-order valence-electron chi connectivity index (χ4n) is 1.14. The van der Waals surface area contributed by atoms with Crippen LogP contribution in [0.3, 0.4) is 0 Å². The minimum absolute atomic E-state index is 0.209. The van der Waals surface area contributed by atoms with Gasteiger partial charge in [-0.3, -0.25) is 4.79 Å². The third-order valence-electron chi connectivity index (χ3n) is 1.98. The molecular formula is C8H15N3O3. The van der Waals surface area contributed by atoms with Gasteiger partial charge < -0.3 is 20.3 Å². The molecule has 1 saturated heterocycles. The Morgan fingerprint density at radius 2 is 2.07 bits per heavy atom. The van der Waals surface area contributed by atoms with Crippen LogP contribution in [0, 0.1) is 0 Å². The molecule has 0 saturated carbocycles. The van der Waals surface area contributed by atoms with Crippen LogP contribution in [0.25, 0.3) is 0 Å². The zero-order valence-electron chi connectivity index (χ0n) is 8.21. The number of nitrogens with one attached hydrogen (secondary N) is 2. The van der Waals surface area contributed by atoms with Crippen LogP contribution < -0.4 is 10.6 Å². The van der Waals surface area contributed by atoms with Crippen molar-refractivity contribution >= 4 is 12.0 Å². The average Bonchev–Trinajstić information content (AvgIpc) is 2.26. The highest BCUT2D eigenvalue weighted by Gasteiger charge is 2.17. The van der Waals surface area contributed by atoms with Gasteiger partial charge in [-0.2, -0.15) is 0 Å². The summed E-state index contributed by atoms with van der Waals surface area (Å²) in [5, 5.41) is 5.49. The summed E-state index contributed by atoms with van der Waals surface area (Å²) in [6.07, 6.45) is -0.421. The number of hydrogen-bond donors (Lipinski definition) is 2. The zero-order valence-corrected chi connectivity index (χ0v) is 8.21. The molecule has 80 valence electrons. The van der Waals surface area contributed by atoms with Crippen molar-refractivity contribution in [3.05, 3.63) is 0 Å². The van der Waals surface area contributed by atoms with Crippen molar-refractivity contribution in [2.75, 3.05) is 39.8 Å². The number of nitrogens with zero attached hydrogens (tertiary/aromatic N) is 1. The lowest BCUT2D eigenvalue weighted by Gasteiger charge is -2.26. The summed E-state index contributed by atoms with van der Waals surface area (Å²) < 4.78 is 4.78. The summed E-state index contributed by atoms with van der Waals surface area (Å²) in [5.41, 5.74) is 0. The van der Waals surface area contributed by atoms with Gasteiger partial charge in [-0.25, -0.2) is 4.79 Å². The summed E-state index contributed by atoms with van der Waals surface area (Å²) in [6, 6.07) is 0. The summed E-state index contributed by atoms with van der Waals surface area (Å²) in [4.78, 5) is 23.7. The number of piperazine rings is 1. The number of ether oxygens (including phenoxy) is 1. The molecule has 0 radical (unpaired) electrons. The number of hydrogen-bond acceptors (Lipinski definition) is 4. The summed E-state index contributed by atoms with van der Waals surface area (Å²) >= 11 is 0. The average molecular weight is 201 g/mol. The third-order valence-corrected chi connectivity index (χ3v) is 1.98. The zero-order chi connectivity index (χ0) is 10.4. The van der Waals surface area contributed by atoms with E-state index in [1.54, 1.807) is 4.90 Å². The van der Waals surface area contributed by atoms with Gasteiger partial charge in [0.05, 0.1) is 0 Å². The van der Waals surface area contributed by atoms with Crippen LogP contribution in [0.15, 0.2) is 0 Å². The maximum atomic E-state index is 11.3. The van der Waals surface area contributed by atoms with E-state index in [4.69, 9.17) is 4.74 Å². The predicted octanol–water partition coefficient (Wildman–Crippen LogP) is -1.23. The van der Waals surface area contributed by atoms with E-state index in [1.807, 2.05) is 0 Å². The van der Waals surface area contributed by atoms with Crippen LogP contribution in [0.4, 0.5) is 4.79 Å². The standard InChI is InChI=1S/C8H15N3O3/c1-9-7(12)6-14-8(13)11-4-2-10-3-5-11/h10H,2-6H2,1H3,(H,9,12). The molecule has 1 fully saturated rings. The van der Waals surface area contributed by atoms with Gasteiger partial charge in [-0.1, -0.05) is 0 Å². The van der Waals surface area contributed by atoms with Crippen LogP contribution in [0.5, 0.6) is 0 Å². The van der Waals surface area contributed by atoms with Crippen LogP contribution in [-0.2, 0) is 9.53 Å². The van der Waals surface area contributed by atoms with Gasteiger partial charge in [0.1, 0.15) is 0 Å². The molecule has 14 heavy (non-hydrogen) atoms. The Morgan fingerprint density at radius 1 is 1.43 bits per heavy atom. The molecule has 6 heteroatoms. The van der Waals surface area contributed by atoms with Gasteiger partial charge in [0, 0.05) is 33.2 Å². The molecule has 0 bridgehead atoms. The molecule has 0 aromatic rings. The quantitative estimate of drug-likeness (QED) is 0.587. The first-order valence-electron chi connectivity index (χ1n) is 4.57. The molecule has 0 unspecified atom stereocenters. The lowest BCUT2D eigenvalue weighted by molar-refractivity contribution is -0.123. The number of carbonyl (C=O) groups excluding carboxylic acids is 2. The maximum Gasteiger partial charge on any atom is 0.410 e. The van der Waals surface area contributed by atoms with Crippen molar-refractivity contribution in [1.29, 1.82) is 0 Å². The number of carbonyl (C=O) groups is 2. The molecular weight excluding hydrogens is 186 g/mol. The van der Waals surface area contributed by atoms with Crippen molar-refractivity contribution in [3.63, 3.8) is 0 Å². The minimum Gasteiger partial charge on any atom is -0.439 e. The van der Waals surface area contributed by atoms with E-state index in [0.29, 0.717) is 13.1 Å². The molecule has 0 aromatic heterocycles. The van der Waals surface area contributed by atoms with Crippen molar-refractivity contribution < 1.29 is 14.3 Å². The van der Waals surface area contributed by atoms with Gasteiger partial charge in [0.25, 0.3) is 5.91 Å². The molecule has 2 N–H and O–H groups in total. The maximum absolute atomic E-state index is 11.3. The number of likely N-dealkylation sites (N-methyl/N-ethyl adjacent to an activating group) is 1. The Labute approximate surface area is 82.6 Å². The molecule has 1 rings (SSSR count). The first-order chi connectivity index (χ1) is 6.74. The fraction of sp³-hybridized carbons (Fsp3) is 0.750. The number of amides is 2. The van der Waals surface area contributed by atoms with Crippen molar-refractivity contribution in [2.24, 2.45) is 0 Å². The molecule has 1 aliphatic rings. The SMILES string of the molecule is CNC(=O)COC(=O)N1CCNCC1. The highest BCUT2D eigenvalue weighted by atomic mass is 16.6. The lowest BCUT2D eigenvalue weighted by Crippen LogP contribution is -2.47. The molecule has 6 nitrogen and oxygen atoms in total. The van der Waals surface area contributed by atoms with Gasteiger partial charge in [0.15, 0.2) is 6.61 Å². The van der Waals surface area contributed by atoms with Crippen molar-refractivity contribution in [1.82, 2.24) is 15.5 Å². The van der Waals surface area contributed by atoms with Gasteiger partial charge in [-0.15, -0.1) is 0 Å². The van der Waals surface area contributed by atoms with Gasteiger partial charge in [0.2, 0.25) is 0 Å². The molecule has 0 spiro atoms. The second kappa shape index (κ2) is 5.43. The smallest absolute Gasteiger partial charge is 0.410 e. The normalized spacial score (nSPS) is 16.2. The Morgan fingerprint density at radius 3 is 2.64 bits per heavy atom. The Bertz CT molecular complexity index is 214. The topological polar surface area (TPSA) is 70.7 Å². The highest BCUT2D eigenvalue weighted by Crippen LogP contribution is 1.96. The van der Waals surface area contributed by atoms with E-state index in [2.05, 4.69) is 10.6 Å². The van der Waals surface area contributed by atoms with Crippen LogP contribution in [-0.4, -0.2) is 56.7 Å². The molecule has 1 aliphatic heterocycles. The van der Waals surface area contributed by atoms with Crippen molar-refractivity contribution in [2.45, 2.75) is 0 Å². The summed E-state index contributed by atoms with van der Waals surface area (Å²) in [7, 11) is 1.50. The van der Waals surface area contributed by atoms with Crippen molar-refractivity contribution in [3.8, 4) is 0 Å². The van der Waals surface area contributed by atoms with E-state index in [-0.39, 0.29) is 12.5 Å². The third kappa shape index (κ3) is 3.21. The van der Waals surface area contributed by atoms with Crippen LogP contribution in [0.2, 0.25) is 0 Å². The minimum atomic E-state index is -0.421. The van der Waals surface area contributed by atoms with Crippen LogP contribution in [0.1, 0.15) is 0 Å². The number of rotatable bonds is 2.